The monoisotopic (exact) mass is 225 g/mol. The van der Waals surface area contributed by atoms with Crippen LogP contribution < -0.4 is 5.73 Å². The lowest BCUT2D eigenvalue weighted by molar-refractivity contribution is 0.780. The van der Waals surface area contributed by atoms with Crippen LogP contribution >= 0.6 is 11.6 Å². The molecule has 0 spiro atoms. The summed E-state index contributed by atoms with van der Waals surface area (Å²) in [5.41, 5.74) is 7.10. The van der Waals surface area contributed by atoms with E-state index in [0.29, 0.717) is 22.4 Å². The van der Waals surface area contributed by atoms with Crippen molar-refractivity contribution in [2.75, 3.05) is 5.73 Å². The number of aryl methyl sites for hydroxylation is 1. The van der Waals surface area contributed by atoms with Crippen LogP contribution in [-0.2, 0) is 0 Å². The molecule has 80 valence electrons. The van der Waals surface area contributed by atoms with Gasteiger partial charge in [-0.15, -0.1) is 0 Å². The van der Waals surface area contributed by atoms with Gasteiger partial charge < -0.3 is 5.73 Å². The fourth-order valence-electron chi connectivity index (χ4n) is 1.42. The number of nitrogens with two attached hydrogens (primary N) is 1. The van der Waals surface area contributed by atoms with Gasteiger partial charge in [-0.2, -0.15) is 14.6 Å². The molecule has 0 atom stereocenters. The van der Waals surface area contributed by atoms with E-state index < -0.39 is 0 Å². The Bertz CT molecular complexity index is 517. The summed E-state index contributed by atoms with van der Waals surface area (Å²) >= 11 is 6.17. The minimum absolute atomic E-state index is 0.235. The maximum absolute atomic E-state index is 6.17. The van der Waals surface area contributed by atoms with Crippen LogP contribution in [0.1, 0.15) is 31.3 Å². The van der Waals surface area contributed by atoms with Gasteiger partial charge in [0.25, 0.3) is 0 Å². The van der Waals surface area contributed by atoms with Crippen LogP contribution in [0, 0.1) is 6.92 Å². The molecule has 0 saturated carbocycles. The first-order chi connectivity index (χ1) is 7.00. The van der Waals surface area contributed by atoms with Crippen molar-refractivity contribution in [1.29, 1.82) is 0 Å². The zero-order chi connectivity index (χ0) is 11.2. The molecule has 0 unspecified atom stereocenters. The highest BCUT2D eigenvalue weighted by atomic mass is 35.5. The Morgan fingerprint density at radius 2 is 2.00 bits per heavy atom. The van der Waals surface area contributed by atoms with Crippen molar-refractivity contribution < 1.29 is 0 Å². The zero-order valence-corrected chi connectivity index (χ0v) is 9.58. The van der Waals surface area contributed by atoms with Crippen molar-refractivity contribution in [3.05, 3.63) is 16.5 Å². The highest BCUT2D eigenvalue weighted by molar-refractivity contribution is 6.34. The summed E-state index contributed by atoms with van der Waals surface area (Å²) in [4.78, 5) is 8.24. The van der Waals surface area contributed by atoms with Crippen LogP contribution in [0.15, 0.2) is 0 Å². The summed E-state index contributed by atoms with van der Waals surface area (Å²) in [6.07, 6.45) is 0. The number of hydrogen-bond donors (Lipinski definition) is 1. The van der Waals surface area contributed by atoms with Crippen molar-refractivity contribution >= 4 is 23.2 Å². The number of aromatic nitrogens is 4. The molecule has 0 saturated heterocycles. The highest BCUT2D eigenvalue weighted by Crippen LogP contribution is 2.27. The van der Waals surface area contributed by atoms with Gasteiger partial charge >= 0.3 is 0 Å². The molecule has 15 heavy (non-hydrogen) atoms. The molecule has 0 aromatic carbocycles. The van der Waals surface area contributed by atoms with Crippen molar-refractivity contribution in [3.8, 4) is 0 Å². The number of nitrogens with zero attached hydrogens (tertiary/aromatic N) is 4. The quantitative estimate of drug-likeness (QED) is 0.804. The van der Waals surface area contributed by atoms with Gasteiger partial charge in [0.1, 0.15) is 10.8 Å². The van der Waals surface area contributed by atoms with Gasteiger partial charge in [0.2, 0.25) is 5.95 Å². The van der Waals surface area contributed by atoms with Gasteiger partial charge in [-0.1, -0.05) is 25.4 Å². The first kappa shape index (κ1) is 10.2. The Hall–Kier alpha value is -1.36. The first-order valence-corrected chi connectivity index (χ1v) is 5.06. The van der Waals surface area contributed by atoms with E-state index in [1.54, 1.807) is 6.92 Å². The molecule has 2 N–H and O–H groups in total. The molecular weight excluding hydrogens is 214 g/mol. The lowest BCUT2D eigenvalue weighted by atomic mass is 10.1. The molecular formula is C9H12ClN5. The molecule has 0 aliphatic carbocycles. The summed E-state index contributed by atoms with van der Waals surface area (Å²) in [6, 6.07) is 0. The average Bonchev–Trinajstić information content (AvgIpc) is 2.44. The molecule has 2 aromatic heterocycles. The van der Waals surface area contributed by atoms with E-state index in [1.807, 2.05) is 13.8 Å². The van der Waals surface area contributed by atoms with Crippen LogP contribution in [0.3, 0.4) is 0 Å². The molecule has 5 nitrogen and oxygen atoms in total. The third-order valence-corrected chi connectivity index (χ3v) is 2.50. The first-order valence-electron chi connectivity index (χ1n) is 4.69. The van der Waals surface area contributed by atoms with Crippen molar-refractivity contribution in [3.63, 3.8) is 0 Å². The maximum Gasteiger partial charge on any atom is 0.225 e. The zero-order valence-electron chi connectivity index (χ0n) is 8.82. The van der Waals surface area contributed by atoms with E-state index in [-0.39, 0.29) is 5.92 Å². The SMILES string of the molecule is Cc1nc(N)n2nc(C(C)C)c(Cl)c2n1. The number of nitrogen functional groups attached to an aromatic ring is 1. The smallest absolute Gasteiger partial charge is 0.225 e. The Balaban J connectivity index is 2.82. The summed E-state index contributed by atoms with van der Waals surface area (Å²) in [6.45, 7) is 5.81. The number of hydrogen-bond acceptors (Lipinski definition) is 4. The second kappa shape index (κ2) is 3.34. The van der Waals surface area contributed by atoms with E-state index in [9.17, 15) is 0 Å². The Morgan fingerprint density at radius 3 is 2.60 bits per heavy atom. The van der Waals surface area contributed by atoms with Gasteiger partial charge in [-0.3, -0.25) is 0 Å². The third kappa shape index (κ3) is 1.52. The van der Waals surface area contributed by atoms with E-state index in [2.05, 4.69) is 15.1 Å². The normalized spacial score (nSPS) is 11.5. The molecule has 2 heterocycles. The average molecular weight is 226 g/mol. The Morgan fingerprint density at radius 1 is 1.33 bits per heavy atom. The highest BCUT2D eigenvalue weighted by Gasteiger charge is 2.16. The summed E-state index contributed by atoms with van der Waals surface area (Å²) in [5, 5.41) is 4.84. The number of anilines is 1. The minimum Gasteiger partial charge on any atom is -0.368 e. The van der Waals surface area contributed by atoms with Gasteiger partial charge in [0.15, 0.2) is 5.65 Å². The lowest BCUT2D eigenvalue weighted by Crippen LogP contribution is -2.05. The number of rotatable bonds is 1. The molecule has 0 radical (unpaired) electrons. The molecule has 0 bridgehead atoms. The second-order valence-electron chi connectivity index (χ2n) is 3.72. The third-order valence-electron chi connectivity index (χ3n) is 2.14. The molecule has 2 aromatic rings. The van der Waals surface area contributed by atoms with Crippen LogP contribution in [0.25, 0.3) is 5.65 Å². The minimum atomic E-state index is 0.235. The maximum atomic E-state index is 6.17. The van der Waals surface area contributed by atoms with E-state index in [0.717, 1.165) is 5.69 Å². The van der Waals surface area contributed by atoms with Gasteiger partial charge in [0, 0.05) is 0 Å². The van der Waals surface area contributed by atoms with E-state index >= 15 is 0 Å². The number of fused-ring (bicyclic) bond motifs is 1. The Labute approximate surface area is 92.3 Å². The van der Waals surface area contributed by atoms with Gasteiger partial charge in [-0.05, 0) is 12.8 Å². The van der Waals surface area contributed by atoms with E-state index in [4.69, 9.17) is 17.3 Å². The molecule has 0 aliphatic heterocycles. The fraction of sp³-hybridized carbons (Fsp3) is 0.444. The van der Waals surface area contributed by atoms with Crippen LogP contribution in [0.5, 0.6) is 0 Å². The molecule has 2 rings (SSSR count). The van der Waals surface area contributed by atoms with Gasteiger partial charge in [-0.25, -0.2) is 4.98 Å². The predicted octanol–water partition coefficient (Wildman–Crippen LogP) is 1.79. The van der Waals surface area contributed by atoms with Crippen molar-refractivity contribution in [1.82, 2.24) is 19.6 Å². The largest absolute Gasteiger partial charge is 0.368 e. The van der Waals surface area contributed by atoms with E-state index in [1.165, 1.54) is 4.52 Å². The topological polar surface area (TPSA) is 69.1 Å². The summed E-state index contributed by atoms with van der Waals surface area (Å²) in [5.74, 6) is 1.14. The molecule has 0 amide bonds. The van der Waals surface area contributed by atoms with Crippen molar-refractivity contribution in [2.24, 2.45) is 0 Å². The summed E-state index contributed by atoms with van der Waals surface area (Å²) in [7, 11) is 0. The predicted molar refractivity (Wildman–Crippen MR) is 59.0 cm³/mol. The van der Waals surface area contributed by atoms with Gasteiger partial charge in [0.05, 0.1) is 5.69 Å². The molecule has 0 aliphatic rings. The number of halogens is 1. The van der Waals surface area contributed by atoms with Crippen LogP contribution in [0.4, 0.5) is 5.95 Å². The Kier molecular flexibility index (Phi) is 2.26. The fourth-order valence-corrected chi connectivity index (χ4v) is 1.80. The second-order valence-corrected chi connectivity index (χ2v) is 4.10. The summed E-state index contributed by atoms with van der Waals surface area (Å²) < 4.78 is 1.48. The molecule has 0 fully saturated rings. The van der Waals surface area contributed by atoms with Crippen molar-refractivity contribution in [2.45, 2.75) is 26.7 Å². The van der Waals surface area contributed by atoms with Crippen LogP contribution in [-0.4, -0.2) is 19.6 Å². The lowest BCUT2D eigenvalue weighted by Gasteiger charge is -1.97. The standard InChI is InChI=1S/C9H12ClN5/c1-4(2)7-6(10)8-12-5(3)13-9(11)15(8)14-7/h4H,1-3H3,(H2,11,12,13). The van der Waals surface area contributed by atoms with Crippen LogP contribution in [0.2, 0.25) is 5.02 Å². The molecule has 6 heteroatoms.